The lowest BCUT2D eigenvalue weighted by Gasteiger charge is -2.09. The normalized spacial score (nSPS) is 11.3. The van der Waals surface area contributed by atoms with Gasteiger partial charge in [-0.25, -0.2) is 13.4 Å². The van der Waals surface area contributed by atoms with E-state index in [1.54, 1.807) is 44.4 Å². The van der Waals surface area contributed by atoms with Crippen molar-refractivity contribution in [2.24, 2.45) is 0 Å². The van der Waals surface area contributed by atoms with E-state index in [0.717, 1.165) is 11.1 Å². The van der Waals surface area contributed by atoms with Crippen LogP contribution in [0.5, 0.6) is 5.75 Å². The molecule has 0 saturated carbocycles. The fraction of sp³-hybridized carbons (Fsp3) is 0.273. The number of rotatable bonds is 7. The zero-order chi connectivity index (χ0) is 21.9. The highest BCUT2D eigenvalue weighted by atomic mass is 32.2. The molecule has 0 atom stereocenters. The van der Waals surface area contributed by atoms with Crippen molar-refractivity contribution in [3.8, 4) is 17.2 Å². The smallest absolute Gasteiger partial charge is 0.239 e. The molecule has 158 valence electrons. The van der Waals surface area contributed by atoms with Crippen LogP contribution >= 0.6 is 0 Å². The maximum atomic E-state index is 12.6. The number of hydrogen-bond donors (Lipinski definition) is 1. The van der Waals surface area contributed by atoms with Crippen LogP contribution in [0.2, 0.25) is 0 Å². The number of benzene rings is 2. The monoisotopic (exact) mass is 428 g/mol. The quantitative estimate of drug-likeness (QED) is 0.614. The number of ether oxygens (including phenoxy) is 1. The number of nitrogens with one attached hydrogen (secondary N) is 1. The molecule has 0 aliphatic carbocycles. The molecule has 1 heterocycles. The first-order valence-electron chi connectivity index (χ1n) is 9.35. The zero-order valence-corrected chi connectivity index (χ0v) is 18.2. The average molecular weight is 429 g/mol. The molecule has 7 nitrogen and oxygen atoms in total. The van der Waals surface area contributed by atoms with Crippen LogP contribution in [-0.2, 0) is 20.4 Å². The predicted octanol–water partition coefficient (Wildman–Crippen LogP) is 3.83. The minimum atomic E-state index is -3.73. The van der Waals surface area contributed by atoms with Gasteiger partial charge in [0.1, 0.15) is 17.3 Å². The molecule has 1 N–H and O–H groups in total. The summed E-state index contributed by atoms with van der Waals surface area (Å²) in [5.41, 5.74) is 3.53. The maximum Gasteiger partial charge on any atom is 0.239 e. The summed E-state index contributed by atoms with van der Waals surface area (Å²) in [6.45, 7) is 5.46. The van der Waals surface area contributed by atoms with E-state index in [1.165, 1.54) is 0 Å². The Bertz CT molecular complexity index is 1160. The Labute approximate surface area is 176 Å². The molecule has 0 aliphatic heterocycles. The van der Waals surface area contributed by atoms with Gasteiger partial charge in [0.05, 0.1) is 18.6 Å². The van der Waals surface area contributed by atoms with Crippen molar-refractivity contribution in [3.63, 3.8) is 0 Å². The molecule has 0 spiro atoms. The summed E-state index contributed by atoms with van der Waals surface area (Å²) < 4.78 is 35.9. The lowest BCUT2D eigenvalue weighted by molar-refractivity contribution is -0.113. The van der Waals surface area contributed by atoms with Crippen LogP contribution in [0.25, 0.3) is 11.5 Å². The van der Waals surface area contributed by atoms with E-state index in [-0.39, 0.29) is 5.75 Å². The number of hydrogen-bond acceptors (Lipinski definition) is 6. The van der Waals surface area contributed by atoms with Gasteiger partial charge in [-0.1, -0.05) is 17.7 Å². The molecule has 1 amide bonds. The zero-order valence-electron chi connectivity index (χ0n) is 17.4. The minimum absolute atomic E-state index is 0.292. The third kappa shape index (κ3) is 5.27. The van der Waals surface area contributed by atoms with Gasteiger partial charge in [-0.05, 0) is 56.7 Å². The molecule has 1 aromatic heterocycles. The second kappa shape index (κ2) is 8.71. The lowest BCUT2D eigenvalue weighted by Crippen LogP contribution is -2.24. The van der Waals surface area contributed by atoms with Gasteiger partial charge >= 0.3 is 0 Å². The molecule has 0 fully saturated rings. The highest BCUT2D eigenvalue weighted by Crippen LogP contribution is 2.25. The van der Waals surface area contributed by atoms with Crippen molar-refractivity contribution in [2.45, 2.75) is 26.5 Å². The Morgan fingerprint density at radius 2 is 1.80 bits per heavy atom. The Hall–Kier alpha value is -3.13. The summed E-state index contributed by atoms with van der Waals surface area (Å²) in [6.07, 6.45) is 0. The molecule has 3 aromatic rings. The highest BCUT2D eigenvalue weighted by molar-refractivity contribution is 7.91. The van der Waals surface area contributed by atoms with Gasteiger partial charge in [0, 0.05) is 11.3 Å². The first-order valence-corrected chi connectivity index (χ1v) is 11.2. The molecule has 8 heteroatoms. The van der Waals surface area contributed by atoms with E-state index >= 15 is 0 Å². The van der Waals surface area contributed by atoms with Gasteiger partial charge in [-0.2, -0.15) is 0 Å². The minimum Gasteiger partial charge on any atom is -0.497 e. The third-order valence-electron chi connectivity index (χ3n) is 4.59. The number of anilines is 1. The Balaban J connectivity index is 1.70. The summed E-state index contributed by atoms with van der Waals surface area (Å²) in [5, 5.41) is 2.66. The van der Waals surface area contributed by atoms with Gasteiger partial charge in [0.15, 0.2) is 9.84 Å². The number of aryl methyl sites for hydroxylation is 3. The molecule has 30 heavy (non-hydrogen) atoms. The summed E-state index contributed by atoms with van der Waals surface area (Å²) in [5.74, 6) is -0.180. The van der Waals surface area contributed by atoms with Gasteiger partial charge in [-0.15, -0.1) is 0 Å². The number of nitrogens with zero attached hydrogens (tertiary/aromatic N) is 1. The van der Waals surface area contributed by atoms with Crippen molar-refractivity contribution >= 4 is 21.4 Å². The second-order valence-electron chi connectivity index (χ2n) is 7.15. The molecular weight excluding hydrogens is 404 g/mol. The highest BCUT2D eigenvalue weighted by Gasteiger charge is 2.22. The Morgan fingerprint density at radius 1 is 1.10 bits per heavy atom. The topological polar surface area (TPSA) is 98.5 Å². The Morgan fingerprint density at radius 3 is 2.43 bits per heavy atom. The van der Waals surface area contributed by atoms with Crippen LogP contribution in [0, 0.1) is 20.8 Å². The largest absolute Gasteiger partial charge is 0.497 e. The number of carbonyl (C=O) groups is 1. The number of carbonyl (C=O) groups excluding carboxylic acids is 1. The number of amides is 1. The molecular formula is C22H24N2O5S. The first kappa shape index (κ1) is 21.6. The van der Waals surface area contributed by atoms with E-state index in [9.17, 15) is 13.2 Å². The molecule has 2 aromatic carbocycles. The molecule has 0 aliphatic rings. The molecule has 0 radical (unpaired) electrons. The molecule has 0 bridgehead atoms. The number of sulfone groups is 1. The summed E-state index contributed by atoms with van der Waals surface area (Å²) >= 11 is 0. The number of aromatic nitrogens is 1. The number of methoxy groups -OCH3 is 1. The molecule has 3 rings (SSSR count). The summed E-state index contributed by atoms with van der Waals surface area (Å²) in [7, 11) is -2.16. The van der Waals surface area contributed by atoms with E-state index in [4.69, 9.17) is 9.15 Å². The lowest BCUT2D eigenvalue weighted by atomic mass is 10.1. The van der Waals surface area contributed by atoms with Gasteiger partial charge < -0.3 is 14.5 Å². The van der Waals surface area contributed by atoms with E-state index in [0.29, 0.717) is 34.3 Å². The van der Waals surface area contributed by atoms with Crippen LogP contribution in [0.4, 0.5) is 5.69 Å². The van der Waals surface area contributed by atoms with Crippen LogP contribution in [0.15, 0.2) is 46.9 Å². The van der Waals surface area contributed by atoms with Crippen molar-refractivity contribution in [1.82, 2.24) is 4.98 Å². The third-order valence-corrected chi connectivity index (χ3v) is 6.01. The van der Waals surface area contributed by atoms with Crippen LogP contribution < -0.4 is 10.1 Å². The van der Waals surface area contributed by atoms with E-state index in [1.807, 2.05) is 26.0 Å². The van der Waals surface area contributed by atoms with Crippen molar-refractivity contribution < 1.29 is 22.4 Å². The average Bonchev–Trinajstić information content (AvgIpc) is 3.03. The van der Waals surface area contributed by atoms with Gasteiger partial charge in [0.2, 0.25) is 11.8 Å². The van der Waals surface area contributed by atoms with Gasteiger partial charge in [-0.3, -0.25) is 4.79 Å². The first-order chi connectivity index (χ1) is 14.2. The fourth-order valence-corrected chi connectivity index (χ4v) is 4.28. The second-order valence-corrected chi connectivity index (χ2v) is 9.21. The Kier molecular flexibility index (Phi) is 6.26. The van der Waals surface area contributed by atoms with E-state index in [2.05, 4.69) is 10.3 Å². The summed E-state index contributed by atoms with van der Waals surface area (Å²) in [4.78, 5) is 16.6. The standard InChI is InChI=1S/C22H24N2O5S/c1-14-5-10-19(15(2)11-14)23-21(25)13-30(26,27)12-20-16(3)29-22(24-20)17-6-8-18(28-4)9-7-17/h5-11H,12-13H2,1-4H3,(H,23,25). The van der Waals surface area contributed by atoms with Gasteiger partial charge in [0.25, 0.3) is 0 Å². The molecule has 0 saturated heterocycles. The summed E-state index contributed by atoms with van der Waals surface area (Å²) in [6, 6.07) is 12.6. The molecule has 0 unspecified atom stereocenters. The maximum absolute atomic E-state index is 12.6. The van der Waals surface area contributed by atoms with Crippen molar-refractivity contribution in [2.75, 3.05) is 18.2 Å². The van der Waals surface area contributed by atoms with Crippen LogP contribution in [-0.4, -0.2) is 32.2 Å². The van der Waals surface area contributed by atoms with E-state index < -0.39 is 21.5 Å². The SMILES string of the molecule is COc1ccc(-c2nc(CS(=O)(=O)CC(=O)Nc3ccc(C)cc3C)c(C)o2)cc1. The van der Waals surface area contributed by atoms with Crippen LogP contribution in [0.1, 0.15) is 22.6 Å². The van der Waals surface area contributed by atoms with Crippen molar-refractivity contribution in [1.29, 1.82) is 0 Å². The number of oxazole rings is 1. The fourth-order valence-electron chi connectivity index (χ4n) is 3.02. The predicted molar refractivity (Wildman–Crippen MR) is 115 cm³/mol. The van der Waals surface area contributed by atoms with Crippen molar-refractivity contribution in [3.05, 3.63) is 65.0 Å². The van der Waals surface area contributed by atoms with Crippen LogP contribution in [0.3, 0.4) is 0 Å².